The van der Waals surface area contributed by atoms with Crippen LogP contribution in [0.4, 0.5) is 0 Å². The molecule has 0 aromatic heterocycles. The van der Waals surface area contributed by atoms with Gasteiger partial charge in [0.2, 0.25) is 0 Å². The number of carbonyl (C=O) groups is 1. The van der Waals surface area contributed by atoms with Gasteiger partial charge in [-0.15, -0.1) is 6.42 Å². The number of rotatable bonds is 7. The molecular weight excluding hydrogens is 290 g/mol. The zero-order valence-corrected chi connectivity index (χ0v) is 12.7. The minimum atomic E-state index is -0.625. The van der Waals surface area contributed by atoms with Gasteiger partial charge in [0.1, 0.15) is 12.4 Å². The summed E-state index contributed by atoms with van der Waals surface area (Å²) in [5, 5.41) is 12.7. The maximum atomic E-state index is 12.0. The van der Waals surface area contributed by atoms with Gasteiger partial charge < -0.3 is 15.2 Å². The topological polar surface area (TPSA) is 58.6 Å². The van der Waals surface area contributed by atoms with Crippen LogP contribution in [-0.2, 0) is 6.42 Å². The maximum Gasteiger partial charge on any atom is 0.251 e. The van der Waals surface area contributed by atoms with Gasteiger partial charge in [-0.2, -0.15) is 0 Å². The van der Waals surface area contributed by atoms with E-state index in [1.807, 2.05) is 30.3 Å². The van der Waals surface area contributed by atoms with Gasteiger partial charge in [-0.05, 0) is 29.8 Å². The molecule has 0 aliphatic rings. The van der Waals surface area contributed by atoms with Gasteiger partial charge in [0.25, 0.3) is 5.91 Å². The van der Waals surface area contributed by atoms with Crippen LogP contribution in [0.15, 0.2) is 54.6 Å². The summed E-state index contributed by atoms with van der Waals surface area (Å²) in [4.78, 5) is 12.0. The zero-order chi connectivity index (χ0) is 16.5. The molecule has 1 atom stereocenters. The molecule has 0 aliphatic carbocycles. The molecule has 0 fully saturated rings. The first kappa shape index (κ1) is 16.6. The number of terminal acetylenes is 1. The lowest BCUT2D eigenvalue weighted by Crippen LogP contribution is -2.33. The van der Waals surface area contributed by atoms with Crippen molar-refractivity contribution in [2.45, 2.75) is 12.5 Å². The molecule has 4 nitrogen and oxygen atoms in total. The molecule has 1 amide bonds. The third-order valence-electron chi connectivity index (χ3n) is 3.25. The molecular formula is C19H19NO3. The van der Waals surface area contributed by atoms with Crippen LogP contribution in [0.5, 0.6) is 5.75 Å². The molecule has 0 saturated carbocycles. The van der Waals surface area contributed by atoms with E-state index in [0.717, 1.165) is 5.56 Å². The van der Waals surface area contributed by atoms with Crippen molar-refractivity contribution in [3.8, 4) is 18.1 Å². The van der Waals surface area contributed by atoms with E-state index in [-0.39, 0.29) is 19.1 Å². The molecule has 118 valence electrons. The second kappa shape index (κ2) is 8.62. The third-order valence-corrected chi connectivity index (χ3v) is 3.25. The Bertz CT molecular complexity index is 659. The predicted molar refractivity (Wildman–Crippen MR) is 89.3 cm³/mol. The van der Waals surface area contributed by atoms with Crippen LogP contribution in [0.25, 0.3) is 0 Å². The van der Waals surface area contributed by atoms with E-state index < -0.39 is 6.10 Å². The molecule has 2 aromatic rings. The molecule has 0 heterocycles. The summed E-state index contributed by atoms with van der Waals surface area (Å²) in [5.41, 5.74) is 1.54. The summed E-state index contributed by atoms with van der Waals surface area (Å²) < 4.78 is 5.25. The predicted octanol–water partition coefficient (Wildman–Crippen LogP) is 2.03. The lowest BCUT2D eigenvalue weighted by atomic mass is 10.1. The Morgan fingerprint density at radius 2 is 1.87 bits per heavy atom. The second-order valence-electron chi connectivity index (χ2n) is 5.07. The van der Waals surface area contributed by atoms with Gasteiger partial charge >= 0.3 is 0 Å². The van der Waals surface area contributed by atoms with Crippen LogP contribution in [-0.4, -0.2) is 30.3 Å². The molecule has 0 unspecified atom stereocenters. The van der Waals surface area contributed by atoms with Crippen molar-refractivity contribution < 1.29 is 14.6 Å². The number of aliphatic hydroxyl groups is 1. The van der Waals surface area contributed by atoms with Crippen molar-refractivity contribution in [2.24, 2.45) is 0 Å². The Kier molecular flexibility index (Phi) is 6.22. The first-order valence-electron chi connectivity index (χ1n) is 7.35. The number of hydrogen-bond donors (Lipinski definition) is 2. The van der Waals surface area contributed by atoms with Crippen molar-refractivity contribution in [1.29, 1.82) is 0 Å². The molecule has 2 rings (SSSR count). The summed E-state index contributed by atoms with van der Waals surface area (Å²) in [6.45, 7) is 0.389. The van der Waals surface area contributed by atoms with Gasteiger partial charge in [0.15, 0.2) is 0 Å². The molecule has 4 heteroatoms. The second-order valence-corrected chi connectivity index (χ2v) is 5.07. The average molecular weight is 309 g/mol. The summed E-state index contributed by atoms with van der Waals surface area (Å²) in [6, 6.07) is 16.3. The Balaban J connectivity index is 1.81. The van der Waals surface area contributed by atoms with Crippen LogP contribution in [0, 0.1) is 12.3 Å². The lowest BCUT2D eigenvalue weighted by Gasteiger charge is -2.12. The highest BCUT2D eigenvalue weighted by atomic mass is 16.5. The third kappa shape index (κ3) is 5.50. The minimum absolute atomic E-state index is 0.192. The highest BCUT2D eigenvalue weighted by Gasteiger charge is 2.10. The van der Waals surface area contributed by atoms with Crippen LogP contribution >= 0.6 is 0 Å². The maximum absolute atomic E-state index is 12.0. The number of amides is 1. The zero-order valence-electron chi connectivity index (χ0n) is 12.7. The lowest BCUT2D eigenvalue weighted by molar-refractivity contribution is 0.0916. The van der Waals surface area contributed by atoms with Gasteiger partial charge in [-0.25, -0.2) is 0 Å². The van der Waals surface area contributed by atoms with Crippen molar-refractivity contribution in [2.75, 3.05) is 13.2 Å². The van der Waals surface area contributed by atoms with E-state index in [0.29, 0.717) is 17.7 Å². The van der Waals surface area contributed by atoms with Crippen LogP contribution < -0.4 is 10.1 Å². The van der Waals surface area contributed by atoms with E-state index >= 15 is 0 Å². The van der Waals surface area contributed by atoms with Gasteiger partial charge in [0.05, 0.1) is 6.10 Å². The molecule has 2 aromatic carbocycles. The summed E-state index contributed by atoms with van der Waals surface area (Å²) in [5.74, 6) is 2.76. The Hall–Kier alpha value is -2.77. The van der Waals surface area contributed by atoms with Crippen LogP contribution in [0.2, 0.25) is 0 Å². The molecule has 0 aliphatic heterocycles. The number of aliphatic hydroxyl groups excluding tert-OH is 1. The fraction of sp³-hybridized carbons (Fsp3) is 0.211. The van der Waals surface area contributed by atoms with Crippen molar-refractivity contribution >= 4 is 5.91 Å². The monoisotopic (exact) mass is 309 g/mol. The van der Waals surface area contributed by atoms with Gasteiger partial charge in [-0.1, -0.05) is 36.3 Å². The Labute approximate surface area is 136 Å². The minimum Gasteiger partial charge on any atom is -0.481 e. The highest BCUT2D eigenvalue weighted by molar-refractivity contribution is 5.94. The van der Waals surface area contributed by atoms with Crippen molar-refractivity contribution in [3.63, 3.8) is 0 Å². The molecule has 2 N–H and O–H groups in total. The molecule has 0 spiro atoms. The number of ether oxygens (including phenoxy) is 1. The van der Waals surface area contributed by atoms with Crippen molar-refractivity contribution in [1.82, 2.24) is 5.32 Å². The standard InChI is InChI=1S/C19H19NO3/c1-2-12-23-18-10-8-16(9-11-18)19(22)20-14-17(21)13-15-6-4-3-5-7-15/h1,3-11,17,21H,12-14H2,(H,20,22)/t17-/m0/s1. The number of carbonyl (C=O) groups excluding carboxylic acids is 1. The van der Waals surface area contributed by atoms with E-state index in [9.17, 15) is 9.90 Å². The summed E-state index contributed by atoms with van der Waals surface area (Å²) >= 11 is 0. The first-order chi connectivity index (χ1) is 11.2. The number of hydrogen-bond acceptors (Lipinski definition) is 3. The average Bonchev–Trinajstić information content (AvgIpc) is 2.59. The summed E-state index contributed by atoms with van der Waals surface area (Å²) in [7, 11) is 0. The molecule has 0 bridgehead atoms. The molecule has 23 heavy (non-hydrogen) atoms. The van der Waals surface area contributed by atoms with Crippen molar-refractivity contribution in [3.05, 3.63) is 65.7 Å². The van der Waals surface area contributed by atoms with E-state index in [1.165, 1.54) is 0 Å². The SMILES string of the molecule is C#CCOc1ccc(C(=O)NC[C@@H](O)Cc2ccccc2)cc1. The number of benzene rings is 2. The van der Waals surface area contributed by atoms with Gasteiger partial charge in [0, 0.05) is 18.5 Å². The van der Waals surface area contributed by atoms with E-state index in [1.54, 1.807) is 24.3 Å². The normalized spacial score (nSPS) is 11.3. The first-order valence-corrected chi connectivity index (χ1v) is 7.35. The largest absolute Gasteiger partial charge is 0.481 e. The van der Waals surface area contributed by atoms with Crippen LogP contribution in [0.1, 0.15) is 15.9 Å². The Morgan fingerprint density at radius 1 is 1.17 bits per heavy atom. The van der Waals surface area contributed by atoms with Gasteiger partial charge in [-0.3, -0.25) is 4.79 Å². The van der Waals surface area contributed by atoms with E-state index in [2.05, 4.69) is 11.2 Å². The highest BCUT2D eigenvalue weighted by Crippen LogP contribution is 2.12. The number of nitrogens with one attached hydrogen (secondary N) is 1. The fourth-order valence-electron chi connectivity index (χ4n) is 2.10. The van der Waals surface area contributed by atoms with E-state index in [4.69, 9.17) is 11.2 Å². The molecule has 0 saturated heterocycles. The Morgan fingerprint density at radius 3 is 2.52 bits per heavy atom. The van der Waals surface area contributed by atoms with Crippen LogP contribution in [0.3, 0.4) is 0 Å². The quantitative estimate of drug-likeness (QED) is 0.770. The molecule has 0 radical (unpaired) electrons. The summed E-state index contributed by atoms with van der Waals surface area (Å²) in [6.07, 6.45) is 4.99. The smallest absolute Gasteiger partial charge is 0.251 e. The fourth-order valence-corrected chi connectivity index (χ4v) is 2.10.